The molecule has 1 heterocycles. The zero-order chi connectivity index (χ0) is 18.0. The van der Waals surface area contributed by atoms with Crippen molar-refractivity contribution >= 4 is 11.7 Å². The normalized spacial score (nSPS) is 10.3. The molecule has 0 fully saturated rings. The van der Waals surface area contributed by atoms with Crippen molar-refractivity contribution in [3.63, 3.8) is 0 Å². The molecule has 26 heavy (non-hydrogen) atoms. The van der Waals surface area contributed by atoms with Crippen molar-refractivity contribution in [2.45, 2.75) is 19.4 Å². The maximum absolute atomic E-state index is 12.2. The van der Waals surface area contributed by atoms with E-state index in [1.165, 1.54) is 11.1 Å². The lowest BCUT2D eigenvalue weighted by atomic mass is 10.1. The van der Waals surface area contributed by atoms with Crippen LogP contribution in [0.3, 0.4) is 0 Å². The second-order valence-electron chi connectivity index (χ2n) is 6.12. The van der Waals surface area contributed by atoms with Gasteiger partial charge in [0.1, 0.15) is 5.82 Å². The van der Waals surface area contributed by atoms with E-state index in [1.807, 2.05) is 42.5 Å². The van der Waals surface area contributed by atoms with Crippen molar-refractivity contribution in [2.75, 3.05) is 11.9 Å². The van der Waals surface area contributed by atoms with Gasteiger partial charge in [0.05, 0.1) is 5.56 Å². The summed E-state index contributed by atoms with van der Waals surface area (Å²) in [5.74, 6) is 0.676. The monoisotopic (exact) mass is 345 g/mol. The van der Waals surface area contributed by atoms with Gasteiger partial charge in [-0.15, -0.1) is 0 Å². The van der Waals surface area contributed by atoms with Crippen LogP contribution in [-0.4, -0.2) is 17.4 Å². The van der Waals surface area contributed by atoms with Crippen LogP contribution in [0.2, 0.25) is 0 Å². The van der Waals surface area contributed by atoms with Gasteiger partial charge in [-0.25, -0.2) is 4.98 Å². The van der Waals surface area contributed by atoms with E-state index in [-0.39, 0.29) is 5.91 Å². The molecule has 0 saturated carbocycles. The summed E-state index contributed by atoms with van der Waals surface area (Å²) in [4.78, 5) is 16.5. The first-order chi connectivity index (χ1) is 12.8. The quantitative estimate of drug-likeness (QED) is 0.606. The second-order valence-corrected chi connectivity index (χ2v) is 6.12. The lowest BCUT2D eigenvalue weighted by molar-refractivity contribution is 0.0953. The van der Waals surface area contributed by atoms with Crippen molar-refractivity contribution in [1.29, 1.82) is 0 Å². The predicted octanol–water partition coefficient (Wildman–Crippen LogP) is 4.06. The van der Waals surface area contributed by atoms with Crippen LogP contribution >= 0.6 is 0 Å². The molecule has 2 N–H and O–H groups in total. The molecule has 2 aromatic carbocycles. The molecule has 4 nitrogen and oxygen atoms in total. The molecule has 0 aliphatic heterocycles. The number of rotatable bonds is 8. The highest BCUT2D eigenvalue weighted by atomic mass is 16.1. The number of pyridine rings is 1. The highest BCUT2D eigenvalue weighted by Crippen LogP contribution is 2.08. The Kier molecular flexibility index (Phi) is 6.37. The average molecular weight is 345 g/mol. The molecule has 3 rings (SSSR count). The van der Waals surface area contributed by atoms with E-state index in [1.54, 1.807) is 12.3 Å². The minimum absolute atomic E-state index is 0.0832. The van der Waals surface area contributed by atoms with Crippen LogP contribution in [0.4, 0.5) is 5.82 Å². The van der Waals surface area contributed by atoms with Crippen LogP contribution in [0.1, 0.15) is 27.9 Å². The number of carbonyl (C=O) groups excluding carboxylic acids is 1. The predicted molar refractivity (Wildman–Crippen MR) is 105 cm³/mol. The Hall–Kier alpha value is -3.14. The summed E-state index contributed by atoms with van der Waals surface area (Å²) in [7, 11) is 0. The largest absolute Gasteiger partial charge is 0.366 e. The highest BCUT2D eigenvalue weighted by molar-refractivity contribution is 5.94. The molecule has 4 heteroatoms. The van der Waals surface area contributed by atoms with Gasteiger partial charge in [-0.05, 0) is 36.1 Å². The Labute approximate surface area is 154 Å². The Balaban J connectivity index is 1.41. The van der Waals surface area contributed by atoms with E-state index in [0.717, 1.165) is 18.7 Å². The average Bonchev–Trinajstić information content (AvgIpc) is 2.71. The van der Waals surface area contributed by atoms with Gasteiger partial charge in [0.15, 0.2) is 0 Å². The zero-order valence-electron chi connectivity index (χ0n) is 14.7. The van der Waals surface area contributed by atoms with Gasteiger partial charge < -0.3 is 10.6 Å². The summed E-state index contributed by atoms with van der Waals surface area (Å²) in [6.07, 6.45) is 3.49. The molecule has 0 unspecified atom stereocenters. The molecule has 0 atom stereocenters. The summed E-state index contributed by atoms with van der Waals surface area (Å²) in [6.45, 7) is 1.36. The fourth-order valence-electron chi connectivity index (χ4n) is 2.66. The van der Waals surface area contributed by atoms with Crippen LogP contribution in [0, 0.1) is 0 Å². The number of anilines is 1. The first kappa shape index (κ1) is 17.7. The van der Waals surface area contributed by atoms with Gasteiger partial charge in [0.2, 0.25) is 0 Å². The fourth-order valence-corrected chi connectivity index (χ4v) is 2.66. The minimum atomic E-state index is -0.0832. The molecule has 0 aliphatic carbocycles. The molecule has 0 radical (unpaired) electrons. The van der Waals surface area contributed by atoms with Gasteiger partial charge >= 0.3 is 0 Å². The molecule has 0 spiro atoms. The van der Waals surface area contributed by atoms with Crippen molar-refractivity contribution in [1.82, 2.24) is 10.3 Å². The highest BCUT2D eigenvalue weighted by Gasteiger charge is 2.05. The van der Waals surface area contributed by atoms with Crippen molar-refractivity contribution < 1.29 is 4.79 Å². The van der Waals surface area contributed by atoms with Gasteiger partial charge in [0, 0.05) is 19.3 Å². The van der Waals surface area contributed by atoms with Crippen LogP contribution in [0.15, 0.2) is 79.0 Å². The van der Waals surface area contributed by atoms with E-state index in [0.29, 0.717) is 18.7 Å². The van der Waals surface area contributed by atoms with Gasteiger partial charge in [0.25, 0.3) is 5.91 Å². The van der Waals surface area contributed by atoms with Gasteiger partial charge in [-0.2, -0.15) is 0 Å². The topological polar surface area (TPSA) is 54.0 Å². The number of amides is 1. The van der Waals surface area contributed by atoms with Crippen molar-refractivity contribution in [2.24, 2.45) is 0 Å². The number of nitrogens with one attached hydrogen (secondary N) is 2. The number of aryl methyl sites for hydroxylation is 1. The molecule has 1 amide bonds. The summed E-state index contributed by atoms with van der Waals surface area (Å²) in [5, 5.41) is 6.20. The van der Waals surface area contributed by atoms with Crippen LogP contribution in [-0.2, 0) is 13.0 Å². The van der Waals surface area contributed by atoms with Gasteiger partial charge in [-0.1, -0.05) is 60.7 Å². The number of hydrogen-bond donors (Lipinski definition) is 2. The molecular weight excluding hydrogens is 322 g/mol. The van der Waals surface area contributed by atoms with Crippen LogP contribution in [0.25, 0.3) is 0 Å². The Morgan fingerprint density at radius 3 is 2.19 bits per heavy atom. The van der Waals surface area contributed by atoms with E-state index in [2.05, 4.69) is 39.9 Å². The third kappa shape index (κ3) is 5.45. The third-order valence-electron chi connectivity index (χ3n) is 4.11. The smallest absolute Gasteiger partial charge is 0.252 e. The Morgan fingerprint density at radius 2 is 1.54 bits per heavy atom. The van der Waals surface area contributed by atoms with Crippen LogP contribution < -0.4 is 10.6 Å². The summed E-state index contributed by atoms with van der Waals surface area (Å²) in [6, 6.07) is 24.1. The summed E-state index contributed by atoms with van der Waals surface area (Å²) in [5.41, 5.74) is 3.06. The zero-order valence-corrected chi connectivity index (χ0v) is 14.7. The summed E-state index contributed by atoms with van der Waals surface area (Å²) < 4.78 is 0. The summed E-state index contributed by atoms with van der Waals surface area (Å²) >= 11 is 0. The standard InChI is InChI=1S/C22H23N3O/c26-22(23-15-7-12-18-8-3-1-4-9-18)20-13-14-21(25-17-20)24-16-19-10-5-2-6-11-19/h1-6,8-11,13-14,17H,7,12,15-16H2,(H,23,26)(H,24,25). The first-order valence-electron chi connectivity index (χ1n) is 8.87. The SMILES string of the molecule is O=C(NCCCc1ccccc1)c1ccc(NCc2ccccc2)nc1. The molecular formula is C22H23N3O. The minimum Gasteiger partial charge on any atom is -0.366 e. The molecule has 1 aromatic heterocycles. The molecule has 3 aromatic rings. The molecule has 0 saturated heterocycles. The van der Waals surface area contributed by atoms with E-state index >= 15 is 0 Å². The number of hydrogen-bond acceptors (Lipinski definition) is 3. The lowest BCUT2D eigenvalue weighted by Gasteiger charge is -2.08. The number of aromatic nitrogens is 1. The van der Waals surface area contributed by atoms with E-state index < -0.39 is 0 Å². The van der Waals surface area contributed by atoms with Crippen molar-refractivity contribution in [3.05, 3.63) is 95.7 Å². The molecule has 132 valence electrons. The van der Waals surface area contributed by atoms with Gasteiger partial charge in [-0.3, -0.25) is 4.79 Å². The maximum Gasteiger partial charge on any atom is 0.252 e. The Bertz CT molecular complexity index is 802. The fraction of sp³-hybridized carbons (Fsp3) is 0.182. The lowest BCUT2D eigenvalue weighted by Crippen LogP contribution is -2.24. The number of benzene rings is 2. The van der Waals surface area contributed by atoms with E-state index in [9.17, 15) is 4.79 Å². The Morgan fingerprint density at radius 1 is 0.846 bits per heavy atom. The van der Waals surface area contributed by atoms with Crippen LogP contribution in [0.5, 0.6) is 0 Å². The van der Waals surface area contributed by atoms with E-state index in [4.69, 9.17) is 0 Å². The second kappa shape index (κ2) is 9.37. The molecule has 0 aliphatic rings. The maximum atomic E-state index is 12.2. The third-order valence-corrected chi connectivity index (χ3v) is 4.11. The van der Waals surface area contributed by atoms with Crippen molar-refractivity contribution in [3.8, 4) is 0 Å². The number of carbonyl (C=O) groups is 1. The first-order valence-corrected chi connectivity index (χ1v) is 8.87. The molecule has 0 bridgehead atoms. The number of nitrogens with zero attached hydrogens (tertiary/aromatic N) is 1.